The Labute approximate surface area is 179 Å². The Morgan fingerprint density at radius 1 is 1.00 bits per heavy atom. The molecule has 0 fully saturated rings. The Hall–Kier alpha value is -3.85. The van der Waals surface area contributed by atoms with Crippen LogP contribution in [0.15, 0.2) is 64.2 Å². The number of hydrogen-bond acceptors (Lipinski definition) is 3. The smallest absolute Gasteiger partial charge is 0.331 e. The number of nitriles is 1. The standard InChI is InChI=1S/C25H22N4O2/c1-27-23-20(24(30)28(2)25(27)31)21(17-9-4-3-5-10-17)29-13-7-12-19(22(23)29)18-11-6-8-16(14-18)15-26/h3-6,8-11,14,19H,7,12-13H2,1-2H3. The van der Waals surface area contributed by atoms with E-state index in [1.807, 2.05) is 48.5 Å². The van der Waals surface area contributed by atoms with Crippen molar-refractivity contribution in [1.82, 2.24) is 13.7 Å². The zero-order valence-electron chi connectivity index (χ0n) is 17.5. The fourth-order valence-electron chi connectivity index (χ4n) is 4.96. The molecule has 0 bridgehead atoms. The Bertz CT molecular complexity index is 1480. The maximum atomic E-state index is 13.4. The van der Waals surface area contributed by atoms with Gasteiger partial charge in [0.15, 0.2) is 0 Å². The predicted octanol–water partition coefficient (Wildman–Crippen LogP) is 3.50. The lowest BCUT2D eigenvalue weighted by atomic mass is 9.87. The van der Waals surface area contributed by atoms with Gasteiger partial charge in [-0.25, -0.2) is 4.79 Å². The molecule has 0 amide bonds. The van der Waals surface area contributed by atoms with Gasteiger partial charge in [-0.15, -0.1) is 0 Å². The van der Waals surface area contributed by atoms with Crippen LogP contribution < -0.4 is 11.2 Å². The van der Waals surface area contributed by atoms with E-state index in [9.17, 15) is 14.9 Å². The lowest BCUT2D eigenvalue weighted by molar-refractivity contribution is 0.496. The third-order valence-corrected chi connectivity index (χ3v) is 6.37. The number of aryl methyl sites for hydroxylation is 1. The lowest BCUT2D eigenvalue weighted by Crippen LogP contribution is -2.37. The Kier molecular flexibility index (Phi) is 4.40. The summed E-state index contributed by atoms with van der Waals surface area (Å²) < 4.78 is 5.00. The second-order valence-electron chi connectivity index (χ2n) is 8.11. The Morgan fingerprint density at radius 2 is 1.77 bits per heavy atom. The number of fused-ring (bicyclic) bond motifs is 3. The number of aromatic nitrogens is 3. The Morgan fingerprint density at radius 3 is 2.52 bits per heavy atom. The van der Waals surface area contributed by atoms with E-state index in [1.54, 1.807) is 17.7 Å². The number of hydrogen-bond donors (Lipinski definition) is 0. The van der Waals surface area contributed by atoms with Crippen LogP contribution in [0.1, 0.15) is 35.6 Å². The van der Waals surface area contributed by atoms with Gasteiger partial charge in [-0.1, -0.05) is 42.5 Å². The minimum Gasteiger partial charge on any atom is -0.341 e. The van der Waals surface area contributed by atoms with E-state index in [4.69, 9.17) is 0 Å². The maximum absolute atomic E-state index is 13.4. The van der Waals surface area contributed by atoms with Gasteiger partial charge in [0.1, 0.15) is 0 Å². The highest BCUT2D eigenvalue weighted by Gasteiger charge is 2.32. The molecule has 5 rings (SSSR count). The molecule has 0 N–H and O–H groups in total. The molecule has 0 spiro atoms. The van der Waals surface area contributed by atoms with Crippen molar-refractivity contribution in [2.75, 3.05) is 0 Å². The summed E-state index contributed by atoms with van der Waals surface area (Å²) in [6.07, 6.45) is 1.84. The summed E-state index contributed by atoms with van der Waals surface area (Å²) in [6, 6.07) is 19.8. The molecule has 1 unspecified atom stereocenters. The van der Waals surface area contributed by atoms with Gasteiger partial charge in [-0.2, -0.15) is 5.26 Å². The first-order chi connectivity index (χ1) is 15.0. The van der Waals surface area contributed by atoms with Crippen LogP contribution in [0.25, 0.3) is 22.2 Å². The first-order valence-electron chi connectivity index (χ1n) is 10.4. The van der Waals surface area contributed by atoms with Gasteiger partial charge in [0, 0.05) is 26.6 Å². The molecule has 1 aliphatic heterocycles. The van der Waals surface area contributed by atoms with Crippen molar-refractivity contribution in [3.63, 3.8) is 0 Å². The molecule has 6 nitrogen and oxygen atoms in total. The predicted molar refractivity (Wildman–Crippen MR) is 120 cm³/mol. The van der Waals surface area contributed by atoms with Gasteiger partial charge in [0.2, 0.25) is 0 Å². The average molecular weight is 410 g/mol. The molecular formula is C25H22N4O2. The van der Waals surface area contributed by atoms with E-state index >= 15 is 0 Å². The summed E-state index contributed by atoms with van der Waals surface area (Å²) >= 11 is 0. The largest absolute Gasteiger partial charge is 0.341 e. The molecule has 1 atom stereocenters. The molecule has 6 heteroatoms. The summed E-state index contributed by atoms with van der Waals surface area (Å²) in [4.78, 5) is 26.2. The molecule has 2 aromatic carbocycles. The van der Waals surface area contributed by atoms with Crippen molar-refractivity contribution in [3.8, 4) is 17.3 Å². The molecule has 0 aliphatic carbocycles. The topological polar surface area (TPSA) is 72.7 Å². The van der Waals surface area contributed by atoms with E-state index < -0.39 is 0 Å². The van der Waals surface area contributed by atoms with Crippen LogP contribution >= 0.6 is 0 Å². The van der Waals surface area contributed by atoms with Crippen molar-refractivity contribution in [3.05, 3.63) is 92.3 Å². The molecular weight excluding hydrogens is 388 g/mol. The summed E-state index contributed by atoms with van der Waals surface area (Å²) in [5.74, 6) is -0.000261. The fraction of sp³-hybridized carbons (Fsp3) is 0.240. The average Bonchev–Trinajstić information content (AvgIpc) is 3.17. The van der Waals surface area contributed by atoms with Crippen LogP contribution in [0.4, 0.5) is 0 Å². The van der Waals surface area contributed by atoms with Gasteiger partial charge >= 0.3 is 5.69 Å². The first kappa shape index (κ1) is 19.1. The zero-order chi connectivity index (χ0) is 21.7. The van der Waals surface area contributed by atoms with E-state index in [0.717, 1.165) is 41.9 Å². The van der Waals surface area contributed by atoms with Crippen LogP contribution in [0.2, 0.25) is 0 Å². The van der Waals surface area contributed by atoms with Crippen LogP contribution in [-0.4, -0.2) is 13.7 Å². The van der Waals surface area contributed by atoms with Crippen molar-refractivity contribution in [2.24, 2.45) is 14.1 Å². The van der Waals surface area contributed by atoms with Gasteiger partial charge < -0.3 is 4.57 Å². The summed E-state index contributed by atoms with van der Waals surface area (Å²) in [6.45, 7) is 0.778. The summed E-state index contributed by atoms with van der Waals surface area (Å²) in [5, 5.41) is 9.96. The first-order valence-corrected chi connectivity index (χ1v) is 10.4. The SMILES string of the molecule is Cn1c(=O)c2c(-c3ccccc3)n3c(c2n(C)c1=O)C(c1cccc(C#N)c1)CCC3. The van der Waals surface area contributed by atoms with Crippen molar-refractivity contribution in [2.45, 2.75) is 25.3 Å². The zero-order valence-corrected chi connectivity index (χ0v) is 17.5. The fourth-order valence-corrected chi connectivity index (χ4v) is 4.96. The van der Waals surface area contributed by atoms with Crippen molar-refractivity contribution < 1.29 is 0 Å². The molecule has 4 aromatic rings. The number of rotatable bonds is 2. The van der Waals surface area contributed by atoms with Crippen LogP contribution in [-0.2, 0) is 20.6 Å². The summed E-state index contributed by atoms with van der Waals surface area (Å²) in [7, 11) is 3.26. The highest BCUT2D eigenvalue weighted by molar-refractivity contribution is 5.96. The third-order valence-electron chi connectivity index (χ3n) is 6.37. The molecule has 31 heavy (non-hydrogen) atoms. The van der Waals surface area contributed by atoms with Crippen molar-refractivity contribution >= 4 is 10.9 Å². The van der Waals surface area contributed by atoms with Gasteiger partial charge in [-0.05, 0) is 36.1 Å². The number of nitrogens with zero attached hydrogens (tertiary/aromatic N) is 4. The van der Waals surface area contributed by atoms with Gasteiger partial charge in [0.05, 0.1) is 33.9 Å². The molecule has 0 saturated heterocycles. The number of benzene rings is 2. The third kappa shape index (κ3) is 2.77. The summed E-state index contributed by atoms with van der Waals surface area (Å²) in [5.41, 5.74) is 4.53. The van der Waals surface area contributed by atoms with Gasteiger partial charge in [-0.3, -0.25) is 13.9 Å². The molecule has 3 heterocycles. The van der Waals surface area contributed by atoms with Crippen molar-refractivity contribution in [1.29, 1.82) is 5.26 Å². The molecule has 2 aromatic heterocycles. The van der Waals surface area contributed by atoms with Gasteiger partial charge in [0.25, 0.3) is 5.56 Å². The van der Waals surface area contributed by atoms with E-state index in [-0.39, 0.29) is 17.2 Å². The Balaban J connectivity index is 1.94. The van der Waals surface area contributed by atoms with Crippen LogP contribution in [0.3, 0.4) is 0 Å². The quantitative estimate of drug-likeness (QED) is 0.508. The lowest BCUT2D eigenvalue weighted by Gasteiger charge is -2.27. The van der Waals surface area contributed by atoms with Crippen LogP contribution in [0, 0.1) is 11.3 Å². The molecule has 0 saturated carbocycles. The van der Waals surface area contributed by atoms with E-state index in [1.165, 1.54) is 11.6 Å². The maximum Gasteiger partial charge on any atom is 0.331 e. The minimum absolute atomic E-state index is 0.000261. The van der Waals surface area contributed by atoms with E-state index in [2.05, 4.69) is 10.6 Å². The van der Waals surface area contributed by atoms with Crippen LogP contribution in [0.5, 0.6) is 0 Å². The van der Waals surface area contributed by atoms with E-state index in [0.29, 0.717) is 16.5 Å². The molecule has 0 radical (unpaired) electrons. The second kappa shape index (κ2) is 7.13. The monoisotopic (exact) mass is 410 g/mol. The molecule has 1 aliphatic rings. The second-order valence-corrected chi connectivity index (χ2v) is 8.11. The minimum atomic E-state index is -0.333. The highest BCUT2D eigenvalue weighted by Crippen LogP contribution is 2.42. The highest BCUT2D eigenvalue weighted by atomic mass is 16.2. The normalized spacial score (nSPS) is 15.6. The molecule has 154 valence electrons.